The van der Waals surface area contributed by atoms with E-state index in [1.54, 1.807) is 17.2 Å². The molecular formula is C27H27BrI2N4O4. The number of carbonyl (C=O) groups excluding carboxylic acids is 1. The Morgan fingerprint density at radius 3 is 2.55 bits per heavy atom. The molecule has 38 heavy (non-hydrogen) atoms. The summed E-state index contributed by atoms with van der Waals surface area (Å²) in [5.74, 6) is 1.56. The first-order valence-electron chi connectivity index (χ1n) is 12.6. The summed E-state index contributed by atoms with van der Waals surface area (Å²) in [7, 11) is 0. The highest BCUT2D eigenvalue weighted by molar-refractivity contribution is 14.1. The minimum atomic E-state index is -0.168. The fraction of sp³-hybridized carbons (Fsp3) is 0.407. The number of halogens is 3. The molecule has 2 fully saturated rings. The molecule has 5 rings (SSSR count). The summed E-state index contributed by atoms with van der Waals surface area (Å²) in [6.07, 6.45) is 7.20. The monoisotopic (exact) mass is 804 g/mol. The lowest BCUT2D eigenvalue weighted by atomic mass is 9.88. The molecule has 2 aliphatic rings. The van der Waals surface area contributed by atoms with Gasteiger partial charge in [0.2, 0.25) is 0 Å². The normalized spacial score (nSPS) is 16.9. The van der Waals surface area contributed by atoms with Crippen molar-refractivity contribution in [2.75, 3.05) is 32.9 Å². The van der Waals surface area contributed by atoms with Crippen molar-refractivity contribution in [1.29, 1.82) is 0 Å². The summed E-state index contributed by atoms with van der Waals surface area (Å²) in [6, 6.07) is 9.48. The molecule has 1 aliphatic carbocycles. The van der Waals surface area contributed by atoms with Gasteiger partial charge in [0.25, 0.3) is 11.5 Å². The van der Waals surface area contributed by atoms with Crippen LogP contribution in [0.4, 0.5) is 0 Å². The summed E-state index contributed by atoms with van der Waals surface area (Å²) in [6.45, 7) is 2.29. The fourth-order valence-electron chi connectivity index (χ4n) is 4.86. The lowest BCUT2D eigenvalue weighted by Crippen LogP contribution is -2.43. The molecule has 1 amide bonds. The Labute approximate surface area is 256 Å². The van der Waals surface area contributed by atoms with Crippen LogP contribution in [-0.4, -0.2) is 59.6 Å². The second kappa shape index (κ2) is 12.7. The predicted molar refractivity (Wildman–Crippen MR) is 167 cm³/mol. The van der Waals surface area contributed by atoms with Crippen molar-refractivity contribution in [3.8, 4) is 5.75 Å². The van der Waals surface area contributed by atoms with Crippen molar-refractivity contribution in [3.63, 3.8) is 0 Å². The SMILES string of the molecule is O=C(COc1c(I)cc(C=Nn2c(C3CCCCC3)nc3ccc(Br)cc3c2=O)cc1I)N1CCOCC1. The molecule has 0 unspecified atom stereocenters. The number of benzene rings is 2. The molecule has 2 aromatic carbocycles. The maximum Gasteiger partial charge on any atom is 0.282 e. The van der Waals surface area contributed by atoms with Crippen molar-refractivity contribution >= 4 is 84.1 Å². The third kappa shape index (κ3) is 6.41. The van der Waals surface area contributed by atoms with Gasteiger partial charge in [0.15, 0.2) is 6.61 Å². The third-order valence-electron chi connectivity index (χ3n) is 6.85. The van der Waals surface area contributed by atoms with E-state index in [1.165, 1.54) is 11.1 Å². The second-order valence-electron chi connectivity index (χ2n) is 9.42. The van der Waals surface area contributed by atoms with E-state index in [0.29, 0.717) is 43.0 Å². The number of carbonyl (C=O) groups is 1. The first-order valence-corrected chi connectivity index (χ1v) is 15.6. The number of ether oxygens (including phenoxy) is 2. The van der Waals surface area contributed by atoms with Crippen LogP contribution in [0.5, 0.6) is 5.75 Å². The third-order valence-corrected chi connectivity index (χ3v) is 8.95. The van der Waals surface area contributed by atoms with Crippen LogP contribution < -0.4 is 10.3 Å². The van der Waals surface area contributed by atoms with Crippen LogP contribution in [0.1, 0.15) is 49.4 Å². The summed E-state index contributed by atoms with van der Waals surface area (Å²) >= 11 is 7.89. The van der Waals surface area contributed by atoms with Gasteiger partial charge >= 0.3 is 0 Å². The lowest BCUT2D eigenvalue weighted by Gasteiger charge is -2.26. The van der Waals surface area contributed by atoms with Crippen molar-refractivity contribution in [2.24, 2.45) is 5.10 Å². The molecule has 0 bridgehead atoms. The number of fused-ring (bicyclic) bond motifs is 1. The van der Waals surface area contributed by atoms with E-state index in [2.05, 4.69) is 66.2 Å². The molecule has 200 valence electrons. The van der Waals surface area contributed by atoms with Gasteiger partial charge in [-0.15, -0.1) is 0 Å². The van der Waals surface area contributed by atoms with Gasteiger partial charge < -0.3 is 14.4 Å². The fourth-order valence-corrected chi connectivity index (χ4v) is 7.35. The molecule has 0 radical (unpaired) electrons. The Kier molecular flexibility index (Phi) is 9.37. The molecule has 1 saturated heterocycles. The standard InChI is InChI=1S/C27H27BrI2N4O4/c28-19-6-7-23-20(14-19)27(36)34(26(32-23)18-4-2-1-3-5-18)31-15-17-12-21(29)25(22(30)13-17)38-16-24(35)33-8-10-37-11-9-33/h6-7,12-15,18H,1-5,8-11,16H2. The number of nitrogens with zero attached hydrogens (tertiary/aromatic N) is 4. The zero-order valence-electron chi connectivity index (χ0n) is 20.7. The topological polar surface area (TPSA) is 86.0 Å². The van der Waals surface area contributed by atoms with Gasteiger partial charge in [0, 0.05) is 23.5 Å². The molecule has 1 aromatic heterocycles. The Balaban J connectivity index is 1.42. The van der Waals surface area contributed by atoms with Gasteiger partial charge in [-0.25, -0.2) is 4.98 Å². The van der Waals surface area contributed by atoms with Crippen molar-refractivity contribution in [3.05, 3.63) is 63.7 Å². The van der Waals surface area contributed by atoms with Crippen LogP contribution in [0, 0.1) is 7.14 Å². The van der Waals surface area contributed by atoms with Gasteiger partial charge in [-0.1, -0.05) is 35.2 Å². The van der Waals surface area contributed by atoms with Gasteiger partial charge in [-0.05, 0) is 93.9 Å². The smallest absolute Gasteiger partial charge is 0.282 e. The van der Waals surface area contributed by atoms with Gasteiger partial charge in [0.05, 0.1) is 37.5 Å². The van der Waals surface area contributed by atoms with Gasteiger partial charge in [-0.3, -0.25) is 9.59 Å². The van der Waals surface area contributed by atoms with E-state index in [4.69, 9.17) is 14.5 Å². The van der Waals surface area contributed by atoms with E-state index in [1.807, 2.05) is 24.3 Å². The largest absolute Gasteiger partial charge is 0.482 e. The van der Waals surface area contributed by atoms with Crippen LogP contribution in [0.15, 0.2) is 44.7 Å². The first-order chi connectivity index (χ1) is 18.4. The quantitative estimate of drug-likeness (QED) is 0.242. The maximum atomic E-state index is 13.6. The minimum absolute atomic E-state index is 0.0160. The molecule has 0 N–H and O–H groups in total. The highest BCUT2D eigenvalue weighted by Gasteiger charge is 2.23. The average molecular weight is 805 g/mol. The maximum absolute atomic E-state index is 13.6. The van der Waals surface area contributed by atoms with Crippen molar-refractivity contribution < 1.29 is 14.3 Å². The lowest BCUT2D eigenvalue weighted by molar-refractivity contribution is -0.137. The number of rotatable bonds is 6. The van der Waals surface area contributed by atoms with Crippen molar-refractivity contribution in [2.45, 2.75) is 38.0 Å². The molecule has 11 heteroatoms. The molecular weight excluding hydrogens is 778 g/mol. The Hall–Kier alpha value is -1.58. The van der Waals surface area contributed by atoms with E-state index >= 15 is 0 Å². The molecule has 1 aliphatic heterocycles. The van der Waals surface area contributed by atoms with Crippen LogP contribution >= 0.6 is 61.1 Å². The molecule has 0 atom stereocenters. The van der Waals surface area contributed by atoms with E-state index < -0.39 is 0 Å². The van der Waals surface area contributed by atoms with Gasteiger partial charge in [-0.2, -0.15) is 9.78 Å². The summed E-state index contributed by atoms with van der Waals surface area (Å²) in [5, 5.41) is 5.20. The van der Waals surface area contributed by atoms with Gasteiger partial charge in [0.1, 0.15) is 11.6 Å². The van der Waals surface area contributed by atoms with Crippen LogP contribution in [0.3, 0.4) is 0 Å². The molecule has 0 spiro atoms. The predicted octanol–water partition coefficient (Wildman–Crippen LogP) is 5.54. The van der Waals surface area contributed by atoms with E-state index in [0.717, 1.165) is 48.7 Å². The number of hydrogen-bond donors (Lipinski definition) is 0. The molecule has 1 saturated carbocycles. The number of morpholine rings is 1. The Morgan fingerprint density at radius 1 is 1.13 bits per heavy atom. The zero-order valence-corrected chi connectivity index (χ0v) is 26.6. The first kappa shape index (κ1) is 28.0. The van der Waals surface area contributed by atoms with Crippen molar-refractivity contribution in [1.82, 2.24) is 14.6 Å². The van der Waals surface area contributed by atoms with E-state index in [-0.39, 0.29) is 24.0 Å². The second-order valence-corrected chi connectivity index (χ2v) is 12.7. The summed E-state index contributed by atoms with van der Waals surface area (Å²) in [5.41, 5.74) is 1.36. The number of amides is 1. The van der Waals surface area contributed by atoms with Crippen LogP contribution in [0.25, 0.3) is 10.9 Å². The number of aromatic nitrogens is 2. The average Bonchev–Trinajstić information content (AvgIpc) is 2.93. The number of hydrogen-bond acceptors (Lipinski definition) is 6. The van der Waals surface area contributed by atoms with Crippen LogP contribution in [-0.2, 0) is 9.53 Å². The molecule has 8 nitrogen and oxygen atoms in total. The zero-order chi connectivity index (χ0) is 26.6. The minimum Gasteiger partial charge on any atom is -0.482 e. The highest BCUT2D eigenvalue weighted by Crippen LogP contribution is 2.32. The highest BCUT2D eigenvalue weighted by atomic mass is 127. The van der Waals surface area contributed by atoms with Crippen LogP contribution in [0.2, 0.25) is 0 Å². The van der Waals surface area contributed by atoms with E-state index in [9.17, 15) is 9.59 Å². The molecule has 2 heterocycles. The summed E-state index contributed by atoms with van der Waals surface area (Å²) in [4.78, 5) is 32.7. The Morgan fingerprint density at radius 2 is 1.84 bits per heavy atom. The summed E-state index contributed by atoms with van der Waals surface area (Å²) < 4.78 is 15.3. The Bertz CT molecular complexity index is 1410. The molecule has 3 aromatic rings.